The maximum absolute atomic E-state index is 12.3. The first-order valence-electron chi connectivity index (χ1n) is 8.37. The van der Waals surface area contributed by atoms with Crippen LogP contribution in [0.4, 0.5) is 0 Å². The molecule has 1 saturated carbocycles. The third-order valence-corrected chi connectivity index (χ3v) is 6.60. The van der Waals surface area contributed by atoms with E-state index in [-0.39, 0.29) is 24.4 Å². The van der Waals surface area contributed by atoms with Crippen molar-refractivity contribution < 1.29 is 22.2 Å². The first-order chi connectivity index (χ1) is 12.3. The Labute approximate surface area is 150 Å². The third-order valence-electron chi connectivity index (χ3n) is 5.38. The van der Waals surface area contributed by atoms with Gasteiger partial charge in [-0.1, -0.05) is 5.16 Å². The monoisotopic (exact) mass is 380 g/mol. The summed E-state index contributed by atoms with van der Waals surface area (Å²) in [5.74, 6) is 0.760. The van der Waals surface area contributed by atoms with Gasteiger partial charge in [0.2, 0.25) is 15.9 Å². The predicted octanol–water partition coefficient (Wildman–Crippen LogP) is 0.693. The molecule has 2 aliphatic rings. The molecule has 10 heteroatoms. The van der Waals surface area contributed by atoms with Gasteiger partial charge in [-0.2, -0.15) is 4.98 Å². The Morgan fingerprint density at radius 3 is 2.88 bits per heavy atom. The molecule has 1 saturated heterocycles. The highest BCUT2D eigenvalue weighted by molar-refractivity contribution is 7.88. The Balaban J connectivity index is 1.60. The average Bonchev–Trinajstić information content (AvgIpc) is 3.28. The van der Waals surface area contributed by atoms with Gasteiger partial charge < -0.3 is 14.3 Å². The van der Waals surface area contributed by atoms with Crippen LogP contribution in [0.1, 0.15) is 34.9 Å². The molecule has 1 unspecified atom stereocenters. The van der Waals surface area contributed by atoms with E-state index < -0.39 is 15.4 Å². The normalized spacial score (nSPS) is 29.0. The highest BCUT2D eigenvalue weighted by atomic mass is 32.2. The Kier molecular flexibility index (Phi) is 3.92. The molecule has 1 amide bonds. The van der Waals surface area contributed by atoms with Gasteiger partial charge in [-0.3, -0.25) is 4.79 Å². The number of carbonyl (C=O) groups is 1. The molecule has 1 N–H and O–H groups in total. The Bertz CT molecular complexity index is 922. The summed E-state index contributed by atoms with van der Waals surface area (Å²) >= 11 is 0. The van der Waals surface area contributed by atoms with Gasteiger partial charge in [0.05, 0.1) is 23.5 Å². The Hall–Kier alpha value is -2.20. The summed E-state index contributed by atoms with van der Waals surface area (Å²) < 4.78 is 35.9. The fourth-order valence-corrected chi connectivity index (χ4v) is 5.10. The van der Waals surface area contributed by atoms with Crippen LogP contribution in [0.2, 0.25) is 0 Å². The molecule has 3 atom stereocenters. The Morgan fingerprint density at radius 2 is 2.27 bits per heavy atom. The van der Waals surface area contributed by atoms with E-state index in [9.17, 15) is 13.2 Å². The molecule has 2 aromatic rings. The second kappa shape index (κ2) is 5.92. The smallest absolute Gasteiger partial charge is 0.254 e. The van der Waals surface area contributed by atoms with Crippen molar-refractivity contribution in [3.8, 4) is 0 Å². The predicted molar refractivity (Wildman–Crippen MR) is 89.8 cm³/mol. The maximum atomic E-state index is 12.3. The van der Waals surface area contributed by atoms with Gasteiger partial charge in [0.1, 0.15) is 6.26 Å². The fraction of sp³-hybridized carbons (Fsp3) is 0.562. The summed E-state index contributed by atoms with van der Waals surface area (Å²) in [5.41, 5.74) is -0.110. The van der Waals surface area contributed by atoms with Crippen LogP contribution in [-0.2, 0) is 15.4 Å². The molecule has 1 aliphatic heterocycles. The molecule has 9 nitrogen and oxygen atoms in total. The van der Waals surface area contributed by atoms with Crippen LogP contribution in [-0.4, -0.2) is 54.2 Å². The Morgan fingerprint density at radius 1 is 1.46 bits per heavy atom. The van der Waals surface area contributed by atoms with Crippen LogP contribution < -0.4 is 5.32 Å². The summed E-state index contributed by atoms with van der Waals surface area (Å²) in [7, 11) is -3.32. The van der Waals surface area contributed by atoms with Crippen molar-refractivity contribution in [2.24, 2.45) is 5.92 Å². The minimum Gasteiger partial charge on any atom is -0.472 e. The van der Waals surface area contributed by atoms with Crippen LogP contribution in [0.25, 0.3) is 0 Å². The van der Waals surface area contributed by atoms with Gasteiger partial charge in [-0.15, -0.1) is 0 Å². The largest absolute Gasteiger partial charge is 0.472 e. The molecule has 2 aromatic heterocycles. The second-order valence-electron chi connectivity index (χ2n) is 7.18. The number of amides is 1. The van der Waals surface area contributed by atoms with Gasteiger partial charge in [0.15, 0.2) is 5.82 Å². The third kappa shape index (κ3) is 2.82. The lowest BCUT2D eigenvalue weighted by molar-refractivity contribution is 0.0934. The lowest BCUT2D eigenvalue weighted by atomic mass is 9.80. The van der Waals surface area contributed by atoms with Gasteiger partial charge in [0.25, 0.3) is 5.91 Å². The first kappa shape index (κ1) is 17.2. The van der Waals surface area contributed by atoms with E-state index in [1.165, 1.54) is 23.1 Å². The quantitative estimate of drug-likeness (QED) is 0.829. The highest BCUT2D eigenvalue weighted by Crippen LogP contribution is 2.50. The standard InChI is InChI=1S/C16H20N4O5S/c1-10-17-15(25-19-10)16-6-13(18-14(21)11-3-4-24-8-11)5-12(16)7-20(9-16)26(2,22)23/h3-4,8,12-13H,5-7,9H2,1-2H3,(H,18,21)/t12?,13-,16+/m1/s1. The molecule has 2 fully saturated rings. The summed E-state index contributed by atoms with van der Waals surface area (Å²) in [6.07, 6.45) is 5.25. The van der Waals surface area contributed by atoms with Crippen LogP contribution in [0, 0.1) is 12.8 Å². The van der Waals surface area contributed by atoms with Crippen LogP contribution in [0.15, 0.2) is 27.5 Å². The van der Waals surface area contributed by atoms with E-state index in [0.29, 0.717) is 36.7 Å². The summed E-state index contributed by atoms with van der Waals surface area (Å²) in [4.78, 5) is 16.7. The number of aromatic nitrogens is 2. The van der Waals surface area contributed by atoms with Gasteiger partial charge in [-0.25, -0.2) is 12.7 Å². The van der Waals surface area contributed by atoms with Gasteiger partial charge in [0, 0.05) is 19.1 Å². The average molecular weight is 380 g/mol. The minimum atomic E-state index is -3.32. The number of carbonyl (C=O) groups excluding carboxylic acids is 1. The summed E-state index contributed by atoms with van der Waals surface area (Å²) in [5, 5.41) is 6.88. The SMILES string of the molecule is Cc1noc([C@]23C[C@H](NC(=O)c4ccoc4)CC2CN(S(C)(=O)=O)C3)n1. The second-order valence-corrected chi connectivity index (χ2v) is 9.16. The van der Waals surface area contributed by atoms with E-state index >= 15 is 0 Å². The zero-order chi connectivity index (χ0) is 18.5. The highest BCUT2D eigenvalue weighted by Gasteiger charge is 2.59. The van der Waals surface area contributed by atoms with Crippen molar-refractivity contribution >= 4 is 15.9 Å². The topological polar surface area (TPSA) is 119 Å². The number of aryl methyl sites for hydroxylation is 1. The fourth-order valence-electron chi connectivity index (χ4n) is 4.18. The molecule has 0 radical (unpaired) electrons. The minimum absolute atomic E-state index is 0.00623. The van der Waals surface area contributed by atoms with E-state index in [1.807, 2.05) is 0 Å². The van der Waals surface area contributed by atoms with Crippen LogP contribution in [0.5, 0.6) is 0 Å². The molecule has 0 spiro atoms. The number of nitrogens with zero attached hydrogens (tertiary/aromatic N) is 3. The van der Waals surface area contributed by atoms with Crippen molar-refractivity contribution in [1.82, 2.24) is 19.8 Å². The zero-order valence-electron chi connectivity index (χ0n) is 14.5. The number of sulfonamides is 1. The number of hydrogen-bond donors (Lipinski definition) is 1. The molecule has 0 bridgehead atoms. The molecular formula is C16H20N4O5S. The van der Waals surface area contributed by atoms with Gasteiger partial charge in [-0.05, 0) is 31.7 Å². The number of nitrogens with one attached hydrogen (secondary N) is 1. The molecule has 140 valence electrons. The molecule has 4 rings (SSSR count). The molecule has 3 heterocycles. The molecule has 26 heavy (non-hydrogen) atoms. The summed E-state index contributed by atoms with van der Waals surface area (Å²) in [6, 6.07) is 1.50. The van der Waals surface area contributed by atoms with Crippen molar-refractivity contribution in [3.05, 3.63) is 35.9 Å². The van der Waals surface area contributed by atoms with Crippen molar-refractivity contribution in [2.45, 2.75) is 31.2 Å². The lowest BCUT2D eigenvalue weighted by Gasteiger charge is -2.24. The molecule has 1 aliphatic carbocycles. The van der Waals surface area contributed by atoms with E-state index in [4.69, 9.17) is 8.94 Å². The number of furan rings is 1. The van der Waals surface area contributed by atoms with E-state index in [1.54, 1.807) is 13.0 Å². The van der Waals surface area contributed by atoms with Gasteiger partial charge >= 0.3 is 0 Å². The van der Waals surface area contributed by atoms with Crippen molar-refractivity contribution in [2.75, 3.05) is 19.3 Å². The van der Waals surface area contributed by atoms with Crippen molar-refractivity contribution in [3.63, 3.8) is 0 Å². The first-order valence-corrected chi connectivity index (χ1v) is 10.2. The van der Waals surface area contributed by atoms with Crippen LogP contribution >= 0.6 is 0 Å². The van der Waals surface area contributed by atoms with Crippen LogP contribution in [0.3, 0.4) is 0 Å². The molecule has 0 aromatic carbocycles. The zero-order valence-corrected chi connectivity index (χ0v) is 15.3. The summed E-state index contributed by atoms with van der Waals surface area (Å²) in [6.45, 7) is 2.41. The number of rotatable bonds is 4. The number of fused-ring (bicyclic) bond motifs is 1. The van der Waals surface area contributed by atoms with E-state index in [0.717, 1.165) is 0 Å². The number of hydrogen-bond acceptors (Lipinski definition) is 7. The lowest BCUT2D eigenvalue weighted by Crippen LogP contribution is -2.39. The van der Waals surface area contributed by atoms with E-state index in [2.05, 4.69) is 15.5 Å². The maximum Gasteiger partial charge on any atom is 0.254 e. The van der Waals surface area contributed by atoms with Crippen molar-refractivity contribution in [1.29, 1.82) is 0 Å². The molecular weight excluding hydrogens is 360 g/mol.